The van der Waals surface area contributed by atoms with E-state index in [1.165, 1.54) is 0 Å². The first-order valence-electron chi connectivity index (χ1n) is 14.4. The predicted octanol–water partition coefficient (Wildman–Crippen LogP) is 5.39. The van der Waals surface area contributed by atoms with Gasteiger partial charge in [0.25, 0.3) is 0 Å². The van der Waals surface area contributed by atoms with Crippen molar-refractivity contribution in [3.05, 3.63) is 107 Å². The van der Waals surface area contributed by atoms with Gasteiger partial charge < -0.3 is 34.5 Å². The molecule has 1 atom stereocenters. The third-order valence-corrected chi connectivity index (χ3v) is 7.41. The van der Waals surface area contributed by atoms with Crippen LogP contribution in [-0.2, 0) is 24.6 Å². The first kappa shape index (κ1) is 30.4. The Morgan fingerprint density at radius 1 is 0.955 bits per heavy atom. The van der Waals surface area contributed by atoms with Crippen LogP contribution in [0.3, 0.4) is 0 Å². The molecule has 226 valence electrons. The fraction of sp³-hybridized carbons (Fsp3) is 0.257. The third kappa shape index (κ3) is 7.67. The lowest BCUT2D eigenvalue weighted by molar-refractivity contribution is -0.137. The third-order valence-electron chi connectivity index (χ3n) is 7.41. The van der Waals surface area contributed by atoms with Gasteiger partial charge in [-0.3, -0.25) is 4.79 Å². The highest BCUT2D eigenvalue weighted by Gasteiger charge is 2.16. The Balaban J connectivity index is 1.33. The second kappa shape index (κ2) is 14.4. The smallest absolute Gasteiger partial charge is 0.305 e. The molecule has 1 aliphatic heterocycles. The SMILES string of the molecule is Cc1c(COc2ccc(CN[C@@H](CO)CC(=O)O)c(OCc3cccc(C#N)c3)c2)cccc1-c1ccc2c(c1)OCCO2. The molecule has 5 rings (SSSR count). The van der Waals surface area contributed by atoms with Crippen molar-refractivity contribution in [3.63, 3.8) is 0 Å². The van der Waals surface area contributed by atoms with Crippen LogP contribution in [0.4, 0.5) is 0 Å². The normalized spacial score (nSPS) is 12.7. The van der Waals surface area contributed by atoms with Crippen LogP contribution in [0, 0.1) is 18.3 Å². The molecule has 0 aliphatic carbocycles. The minimum atomic E-state index is -0.998. The van der Waals surface area contributed by atoms with E-state index in [0.717, 1.165) is 44.9 Å². The number of benzene rings is 4. The molecule has 1 heterocycles. The summed E-state index contributed by atoms with van der Waals surface area (Å²) in [6.45, 7) is 3.67. The van der Waals surface area contributed by atoms with E-state index in [4.69, 9.17) is 24.1 Å². The van der Waals surface area contributed by atoms with Crippen LogP contribution in [-0.4, -0.2) is 42.0 Å². The average molecular weight is 595 g/mol. The van der Waals surface area contributed by atoms with Crippen LogP contribution in [0.1, 0.15) is 34.2 Å². The zero-order chi connectivity index (χ0) is 30.9. The van der Waals surface area contributed by atoms with Crippen LogP contribution in [0.2, 0.25) is 0 Å². The summed E-state index contributed by atoms with van der Waals surface area (Å²) < 4.78 is 23.9. The standard InChI is InChI=1S/C35H34N2O7/c1-23-28(6-3-7-31(23)26-9-11-32-34(15-26)42-13-12-41-32)22-43-30-10-8-27(19-37-29(20-38)16-35(39)40)33(17-30)44-21-25-5-2-4-24(14-25)18-36/h2-11,14-15,17,29,37-38H,12-13,16,19-22H2,1H3,(H,39,40)/t29-/m1/s1. The van der Waals surface area contributed by atoms with Crippen molar-refractivity contribution in [3.8, 4) is 40.2 Å². The maximum Gasteiger partial charge on any atom is 0.305 e. The van der Waals surface area contributed by atoms with E-state index in [1.54, 1.807) is 24.3 Å². The lowest BCUT2D eigenvalue weighted by Gasteiger charge is -2.20. The molecule has 0 saturated carbocycles. The molecule has 9 nitrogen and oxygen atoms in total. The van der Waals surface area contributed by atoms with Crippen molar-refractivity contribution in [2.75, 3.05) is 19.8 Å². The molecule has 0 aromatic heterocycles. The number of nitriles is 1. The largest absolute Gasteiger partial charge is 0.489 e. The van der Waals surface area contributed by atoms with Crippen LogP contribution < -0.4 is 24.3 Å². The van der Waals surface area contributed by atoms with E-state index in [1.807, 2.05) is 48.5 Å². The number of carboxylic acid groups (broad SMARTS) is 1. The molecule has 3 N–H and O–H groups in total. The number of carboxylic acids is 1. The van der Waals surface area contributed by atoms with Gasteiger partial charge in [0.05, 0.1) is 24.7 Å². The van der Waals surface area contributed by atoms with E-state index < -0.39 is 12.0 Å². The van der Waals surface area contributed by atoms with E-state index in [0.29, 0.717) is 36.9 Å². The number of nitrogens with zero attached hydrogens (tertiary/aromatic N) is 1. The highest BCUT2D eigenvalue weighted by molar-refractivity contribution is 5.71. The number of fused-ring (bicyclic) bond motifs is 1. The number of nitrogens with one attached hydrogen (secondary N) is 1. The molecule has 9 heteroatoms. The Morgan fingerprint density at radius 2 is 1.77 bits per heavy atom. The minimum absolute atomic E-state index is 0.209. The first-order chi connectivity index (χ1) is 21.4. The van der Waals surface area contributed by atoms with Gasteiger partial charge in [-0.25, -0.2) is 0 Å². The minimum Gasteiger partial charge on any atom is -0.489 e. The van der Waals surface area contributed by atoms with Gasteiger partial charge in [0.15, 0.2) is 11.5 Å². The fourth-order valence-corrected chi connectivity index (χ4v) is 4.99. The molecule has 4 aromatic rings. The molecule has 0 amide bonds. The van der Waals surface area contributed by atoms with Gasteiger partial charge in [-0.15, -0.1) is 0 Å². The van der Waals surface area contributed by atoms with Crippen LogP contribution in [0.15, 0.2) is 78.9 Å². The molecule has 0 radical (unpaired) electrons. The monoisotopic (exact) mass is 594 g/mol. The zero-order valence-electron chi connectivity index (χ0n) is 24.4. The molecule has 0 saturated heterocycles. The summed E-state index contributed by atoms with van der Waals surface area (Å²) in [5, 5.41) is 31.1. The summed E-state index contributed by atoms with van der Waals surface area (Å²) in [4.78, 5) is 11.1. The van der Waals surface area contributed by atoms with Crippen LogP contribution in [0.25, 0.3) is 11.1 Å². The molecule has 0 bridgehead atoms. The van der Waals surface area contributed by atoms with Crippen molar-refractivity contribution in [2.24, 2.45) is 0 Å². The lowest BCUT2D eigenvalue weighted by Crippen LogP contribution is -2.34. The molecule has 0 spiro atoms. The van der Waals surface area contributed by atoms with Gasteiger partial charge in [-0.1, -0.05) is 42.5 Å². The second-order valence-electron chi connectivity index (χ2n) is 10.5. The number of rotatable bonds is 13. The Bertz CT molecular complexity index is 1660. The van der Waals surface area contributed by atoms with Crippen molar-refractivity contribution >= 4 is 5.97 Å². The number of ether oxygens (including phenoxy) is 4. The number of aliphatic hydroxyl groups is 1. The van der Waals surface area contributed by atoms with Gasteiger partial charge in [0.1, 0.15) is 37.9 Å². The van der Waals surface area contributed by atoms with Crippen LogP contribution >= 0.6 is 0 Å². The number of aliphatic hydroxyl groups excluding tert-OH is 1. The quantitative estimate of drug-likeness (QED) is 0.187. The Kier molecular flexibility index (Phi) is 9.97. The summed E-state index contributed by atoms with van der Waals surface area (Å²) in [6, 6.07) is 26.3. The van der Waals surface area contributed by atoms with Gasteiger partial charge in [-0.2, -0.15) is 5.26 Å². The molecular formula is C35H34N2O7. The zero-order valence-corrected chi connectivity index (χ0v) is 24.4. The second-order valence-corrected chi connectivity index (χ2v) is 10.5. The van der Waals surface area contributed by atoms with Crippen molar-refractivity contribution in [1.29, 1.82) is 5.26 Å². The first-order valence-corrected chi connectivity index (χ1v) is 14.4. The highest BCUT2D eigenvalue weighted by Crippen LogP contribution is 2.36. The maximum absolute atomic E-state index is 11.1. The van der Waals surface area contributed by atoms with Crippen molar-refractivity contribution < 1.29 is 34.0 Å². The molecule has 1 aliphatic rings. The Morgan fingerprint density at radius 3 is 2.57 bits per heavy atom. The van der Waals surface area contributed by atoms with Crippen molar-refractivity contribution in [1.82, 2.24) is 5.32 Å². The Labute approximate surface area is 256 Å². The van der Waals surface area contributed by atoms with Gasteiger partial charge in [-0.05, 0) is 65.1 Å². The fourth-order valence-electron chi connectivity index (χ4n) is 4.99. The molecule has 44 heavy (non-hydrogen) atoms. The van der Waals surface area contributed by atoms with Gasteiger partial charge in [0, 0.05) is 24.2 Å². The molecule has 0 fully saturated rings. The maximum atomic E-state index is 11.1. The number of hydrogen-bond acceptors (Lipinski definition) is 8. The number of carbonyl (C=O) groups is 1. The summed E-state index contributed by atoms with van der Waals surface area (Å²) in [6.07, 6.45) is -0.209. The number of hydrogen-bond donors (Lipinski definition) is 3. The van der Waals surface area contributed by atoms with E-state index >= 15 is 0 Å². The van der Waals surface area contributed by atoms with Gasteiger partial charge >= 0.3 is 5.97 Å². The molecule has 4 aromatic carbocycles. The van der Waals surface area contributed by atoms with Gasteiger partial charge in [0.2, 0.25) is 0 Å². The molecule has 0 unspecified atom stereocenters. The summed E-state index contributed by atoms with van der Waals surface area (Å²) in [5.41, 5.74) is 6.37. The van der Waals surface area contributed by atoms with E-state index in [-0.39, 0.29) is 26.2 Å². The predicted molar refractivity (Wildman–Crippen MR) is 164 cm³/mol. The summed E-state index contributed by atoms with van der Waals surface area (Å²) in [7, 11) is 0. The highest BCUT2D eigenvalue weighted by atomic mass is 16.6. The summed E-state index contributed by atoms with van der Waals surface area (Å²) in [5.74, 6) is 1.64. The summed E-state index contributed by atoms with van der Waals surface area (Å²) >= 11 is 0. The number of aliphatic carboxylic acids is 1. The average Bonchev–Trinajstić information content (AvgIpc) is 3.05. The Hall–Kier alpha value is -5.04. The van der Waals surface area contributed by atoms with Crippen molar-refractivity contribution in [2.45, 2.75) is 39.1 Å². The topological polar surface area (TPSA) is 130 Å². The van der Waals surface area contributed by atoms with E-state index in [2.05, 4.69) is 24.4 Å². The van der Waals surface area contributed by atoms with E-state index in [9.17, 15) is 15.2 Å². The molecular weight excluding hydrogens is 560 g/mol. The van der Waals surface area contributed by atoms with Crippen LogP contribution in [0.5, 0.6) is 23.0 Å². The lowest BCUT2D eigenvalue weighted by atomic mass is 9.96.